The van der Waals surface area contributed by atoms with Crippen molar-refractivity contribution in [2.75, 3.05) is 19.9 Å². The van der Waals surface area contributed by atoms with Crippen LogP contribution in [0, 0.1) is 5.92 Å². The summed E-state index contributed by atoms with van der Waals surface area (Å²) in [5.41, 5.74) is 0.951. The fourth-order valence-electron chi connectivity index (χ4n) is 3.70. The average molecular weight is 415 g/mol. The van der Waals surface area contributed by atoms with E-state index in [4.69, 9.17) is 4.74 Å². The summed E-state index contributed by atoms with van der Waals surface area (Å²) in [6.07, 6.45) is 6.42. The molecular formula is C22H30N4O2S. The van der Waals surface area contributed by atoms with Crippen LogP contribution in [-0.2, 0) is 11.3 Å². The van der Waals surface area contributed by atoms with Gasteiger partial charge in [0.2, 0.25) is 5.91 Å². The Morgan fingerprint density at radius 3 is 2.59 bits per heavy atom. The lowest BCUT2D eigenvalue weighted by Gasteiger charge is -2.33. The first-order valence-corrected chi connectivity index (χ1v) is 11.1. The molecule has 1 aliphatic rings. The molecule has 0 saturated heterocycles. The van der Waals surface area contributed by atoms with E-state index >= 15 is 0 Å². The van der Waals surface area contributed by atoms with E-state index in [2.05, 4.69) is 23.7 Å². The normalized spacial score (nSPS) is 19.0. The third-order valence-electron chi connectivity index (χ3n) is 5.63. The van der Waals surface area contributed by atoms with Crippen molar-refractivity contribution in [3.63, 3.8) is 0 Å². The smallest absolute Gasteiger partial charge is 0.233 e. The van der Waals surface area contributed by atoms with Gasteiger partial charge >= 0.3 is 0 Å². The number of nitrogens with zero attached hydrogens (tertiary/aromatic N) is 4. The average Bonchev–Trinajstić information content (AvgIpc) is 3.15. The summed E-state index contributed by atoms with van der Waals surface area (Å²) >= 11 is 1.44. The van der Waals surface area contributed by atoms with Crippen molar-refractivity contribution < 1.29 is 9.53 Å². The van der Waals surface area contributed by atoms with Gasteiger partial charge in [0, 0.05) is 25.2 Å². The summed E-state index contributed by atoms with van der Waals surface area (Å²) in [5, 5.41) is 9.42. The summed E-state index contributed by atoms with van der Waals surface area (Å²) < 4.78 is 7.22. The second-order valence-electron chi connectivity index (χ2n) is 7.64. The minimum absolute atomic E-state index is 0.147. The largest absolute Gasteiger partial charge is 0.497 e. The first kappa shape index (κ1) is 21.4. The van der Waals surface area contributed by atoms with Gasteiger partial charge in [0.1, 0.15) is 5.75 Å². The number of thioether (sulfide) groups is 1. The fourth-order valence-corrected chi connectivity index (χ4v) is 4.58. The third kappa shape index (κ3) is 5.21. The minimum Gasteiger partial charge on any atom is -0.497 e. The monoisotopic (exact) mass is 414 g/mol. The number of rotatable bonds is 8. The van der Waals surface area contributed by atoms with E-state index in [0.29, 0.717) is 18.3 Å². The van der Waals surface area contributed by atoms with Crippen LogP contribution < -0.4 is 4.74 Å². The van der Waals surface area contributed by atoms with Gasteiger partial charge in [-0.3, -0.25) is 9.36 Å². The van der Waals surface area contributed by atoms with Crippen molar-refractivity contribution in [3.8, 4) is 17.1 Å². The fraction of sp³-hybridized carbons (Fsp3) is 0.500. The molecule has 1 amide bonds. The number of allylic oxidation sites excluding steroid dienone is 1. The summed E-state index contributed by atoms with van der Waals surface area (Å²) in [4.78, 5) is 14.7. The molecule has 1 aromatic heterocycles. The van der Waals surface area contributed by atoms with Crippen LogP contribution in [-0.4, -0.2) is 51.5 Å². The molecule has 156 valence electrons. The molecule has 0 N–H and O–H groups in total. The van der Waals surface area contributed by atoms with Crippen molar-refractivity contribution in [3.05, 3.63) is 36.9 Å². The molecule has 0 radical (unpaired) electrons. The van der Waals surface area contributed by atoms with Gasteiger partial charge in [0.25, 0.3) is 0 Å². The van der Waals surface area contributed by atoms with Crippen LogP contribution in [0.25, 0.3) is 11.4 Å². The van der Waals surface area contributed by atoms with Crippen molar-refractivity contribution in [2.45, 2.75) is 50.4 Å². The van der Waals surface area contributed by atoms with Crippen LogP contribution >= 0.6 is 11.8 Å². The van der Waals surface area contributed by atoms with Gasteiger partial charge in [0.05, 0.1) is 12.9 Å². The van der Waals surface area contributed by atoms with E-state index in [9.17, 15) is 4.79 Å². The second kappa shape index (κ2) is 9.96. The van der Waals surface area contributed by atoms with Crippen molar-refractivity contribution >= 4 is 17.7 Å². The number of amides is 1. The molecule has 3 rings (SSSR count). The molecule has 0 unspecified atom stereocenters. The Hall–Kier alpha value is -2.28. The highest BCUT2D eigenvalue weighted by molar-refractivity contribution is 7.99. The highest BCUT2D eigenvalue weighted by atomic mass is 32.2. The number of hydrogen-bond acceptors (Lipinski definition) is 5. The topological polar surface area (TPSA) is 60.2 Å². The Morgan fingerprint density at radius 1 is 1.28 bits per heavy atom. The lowest BCUT2D eigenvalue weighted by Crippen LogP contribution is -2.40. The van der Waals surface area contributed by atoms with Gasteiger partial charge in [-0.1, -0.05) is 24.8 Å². The molecule has 1 saturated carbocycles. The lowest BCUT2D eigenvalue weighted by molar-refractivity contribution is -0.129. The van der Waals surface area contributed by atoms with E-state index in [0.717, 1.165) is 41.1 Å². The van der Waals surface area contributed by atoms with E-state index in [-0.39, 0.29) is 5.91 Å². The number of carbonyl (C=O) groups is 1. The Labute approximate surface area is 177 Å². The van der Waals surface area contributed by atoms with Gasteiger partial charge in [-0.15, -0.1) is 16.8 Å². The molecule has 1 aromatic carbocycles. The molecule has 0 aliphatic heterocycles. The maximum Gasteiger partial charge on any atom is 0.233 e. The molecule has 1 aliphatic carbocycles. The zero-order valence-corrected chi connectivity index (χ0v) is 18.3. The Kier molecular flexibility index (Phi) is 7.36. The minimum atomic E-state index is 0.147. The highest BCUT2D eigenvalue weighted by Crippen LogP contribution is 2.28. The molecular weight excluding hydrogens is 384 g/mol. The molecule has 6 nitrogen and oxygen atoms in total. The number of carbonyl (C=O) groups excluding carboxylic acids is 1. The van der Waals surface area contributed by atoms with Gasteiger partial charge in [-0.05, 0) is 55.9 Å². The van der Waals surface area contributed by atoms with Crippen molar-refractivity contribution in [1.29, 1.82) is 0 Å². The maximum absolute atomic E-state index is 12.7. The van der Waals surface area contributed by atoms with Crippen LogP contribution in [0.5, 0.6) is 5.75 Å². The SMILES string of the molecule is C=CCn1c(SCC(=O)N(C)C2CCC(C)CC2)nnc1-c1ccc(OC)cc1. The Balaban J connectivity index is 1.68. The molecule has 7 heteroatoms. The maximum atomic E-state index is 12.7. The van der Waals surface area contributed by atoms with Gasteiger partial charge in [-0.2, -0.15) is 0 Å². The second-order valence-corrected chi connectivity index (χ2v) is 8.58. The first-order chi connectivity index (χ1) is 14.0. The van der Waals surface area contributed by atoms with Crippen LogP contribution in [0.4, 0.5) is 0 Å². The Bertz CT molecular complexity index is 826. The van der Waals surface area contributed by atoms with Crippen molar-refractivity contribution in [1.82, 2.24) is 19.7 Å². The molecule has 1 heterocycles. The molecule has 0 bridgehead atoms. The number of benzene rings is 1. The predicted molar refractivity (Wildman–Crippen MR) is 117 cm³/mol. The molecule has 2 aromatic rings. The molecule has 29 heavy (non-hydrogen) atoms. The molecule has 1 fully saturated rings. The molecule has 0 spiro atoms. The van der Waals surface area contributed by atoms with E-state index in [1.165, 1.54) is 24.6 Å². The number of aromatic nitrogens is 3. The Morgan fingerprint density at radius 2 is 1.97 bits per heavy atom. The number of ether oxygens (including phenoxy) is 1. The number of methoxy groups -OCH3 is 1. The zero-order valence-electron chi connectivity index (χ0n) is 17.5. The summed E-state index contributed by atoms with van der Waals surface area (Å²) in [7, 11) is 3.58. The molecule has 0 atom stereocenters. The van der Waals surface area contributed by atoms with Crippen LogP contribution in [0.2, 0.25) is 0 Å². The lowest BCUT2D eigenvalue weighted by atomic mass is 9.87. The van der Waals surface area contributed by atoms with E-state index in [1.807, 2.05) is 46.9 Å². The van der Waals surface area contributed by atoms with E-state index in [1.54, 1.807) is 7.11 Å². The van der Waals surface area contributed by atoms with Crippen LogP contribution in [0.15, 0.2) is 42.1 Å². The van der Waals surface area contributed by atoms with Gasteiger partial charge in [0.15, 0.2) is 11.0 Å². The zero-order chi connectivity index (χ0) is 20.8. The first-order valence-electron chi connectivity index (χ1n) is 10.1. The van der Waals surface area contributed by atoms with Crippen LogP contribution in [0.1, 0.15) is 32.6 Å². The van der Waals surface area contributed by atoms with Gasteiger partial charge in [-0.25, -0.2) is 0 Å². The standard InChI is InChI=1S/C22H30N4O2S/c1-5-14-26-21(17-8-12-19(28-4)13-9-17)23-24-22(26)29-15-20(27)25(3)18-10-6-16(2)7-11-18/h5,8-9,12-13,16,18H,1,6-7,10-11,14-15H2,2-4H3. The summed E-state index contributed by atoms with van der Waals surface area (Å²) in [6, 6.07) is 8.08. The van der Waals surface area contributed by atoms with Crippen molar-refractivity contribution in [2.24, 2.45) is 5.92 Å². The van der Waals surface area contributed by atoms with Gasteiger partial charge < -0.3 is 9.64 Å². The number of hydrogen-bond donors (Lipinski definition) is 0. The highest BCUT2D eigenvalue weighted by Gasteiger charge is 2.25. The predicted octanol–water partition coefficient (Wildman–Crippen LogP) is 4.27. The summed E-state index contributed by atoms with van der Waals surface area (Å²) in [6.45, 7) is 6.73. The van der Waals surface area contributed by atoms with E-state index < -0.39 is 0 Å². The van der Waals surface area contributed by atoms with Crippen LogP contribution in [0.3, 0.4) is 0 Å². The third-order valence-corrected chi connectivity index (χ3v) is 6.58. The summed E-state index contributed by atoms with van der Waals surface area (Å²) in [5.74, 6) is 2.84. The quantitative estimate of drug-likeness (QED) is 0.477.